The lowest BCUT2D eigenvalue weighted by Gasteiger charge is -2.17. The van der Waals surface area contributed by atoms with Crippen molar-refractivity contribution in [1.29, 1.82) is 0 Å². The van der Waals surface area contributed by atoms with Crippen molar-refractivity contribution in [3.8, 4) is 11.6 Å². The molecule has 136 valence electrons. The molecule has 0 aliphatic heterocycles. The van der Waals surface area contributed by atoms with Crippen LogP contribution in [0.15, 0.2) is 42.7 Å². The van der Waals surface area contributed by atoms with Crippen molar-refractivity contribution in [2.24, 2.45) is 0 Å². The molecule has 2 heterocycles. The minimum Gasteiger partial charge on any atom is -0.491 e. The van der Waals surface area contributed by atoms with Gasteiger partial charge in [0.2, 0.25) is 0 Å². The van der Waals surface area contributed by atoms with Gasteiger partial charge in [0.25, 0.3) is 0 Å². The molecule has 1 aromatic carbocycles. The highest BCUT2D eigenvalue weighted by atomic mass is 16.5. The Balaban J connectivity index is 1.79. The van der Waals surface area contributed by atoms with Crippen molar-refractivity contribution in [3.05, 3.63) is 59.7 Å². The van der Waals surface area contributed by atoms with Crippen LogP contribution in [0.3, 0.4) is 0 Å². The van der Waals surface area contributed by atoms with Crippen molar-refractivity contribution in [3.63, 3.8) is 0 Å². The molecule has 0 spiro atoms. The quantitative estimate of drug-likeness (QED) is 0.719. The molecule has 3 aromatic rings. The second kappa shape index (κ2) is 7.56. The Morgan fingerprint density at radius 2 is 1.88 bits per heavy atom. The summed E-state index contributed by atoms with van der Waals surface area (Å²) in [5, 5.41) is 7.87. The summed E-state index contributed by atoms with van der Waals surface area (Å²) in [7, 11) is 0. The molecule has 0 saturated heterocycles. The number of nitrogens with one attached hydrogen (secondary N) is 1. The van der Waals surface area contributed by atoms with Gasteiger partial charge in [-0.3, -0.25) is 4.98 Å². The second-order valence-corrected chi connectivity index (χ2v) is 6.71. The molecular formula is C20H25N5O. The van der Waals surface area contributed by atoms with E-state index in [1.165, 1.54) is 0 Å². The lowest BCUT2D eigenvalue weighted by molar-refractivity contribution is 0.242. The van der Waals surface area contributed by atoms with E-state index in [1.807, 2.05) is 45.9 Å². The third-order valence-electron chi connectivity index (χ3n) is 3.94. The highest BCUT2D eigenvalue weighted by Crippen LogP contribution is 2.23. The number of rotatable bonds is 6. The lowest BCUT2D eigenvalue weighted by Crippen LogP contribution is -2.11. The summed E-state index contributed by atoms with van der Waals surface area (Å²) in [6.45, 7) is 10.1. The number of hydrogen-bond acceptors (Lipinski definition) is 5. The van der Waals surface area contributed by atoms with Gasteiger partial charge >= 0.3 is 0 Å². The summed E-state index contributed by atoms with van der Waals surface area (Å²) in [5.74, 6) is 2.27. The number of aromatic nitrogens is 4. The summed E-state index contributed by atoms with van der Waals surface area (Å²) in [4.78, 5) is 8.95. The van der Waals surface area contributed by atoms with E-state index in [2.05, 4.69) is 39.4 Å². The van der Waals surface area contributed by atoms with Crippen LogP contribution in [0.1, 0.15) is 43.8 Å². The monoisotopic (exact) mass is 351 g/mol. The average Bonchev–Trinajstić information content (AvgIpc) is 2.93. The van der Waals surface area contributed by atoms with Gasteiger partial charge in [-0.2, -0.15) is 5.10 Å². The molecule has 0 fully saturated rings. The Morgan fingerprint density at radius 1 is 1.08 bits per heavy atom. The van der Waals surface area contributed by atoms with Gasteiger partial charge in [-0.05, 0) is 58.4 Å². The highest BCUT2D eigenvalue weighted by molar-refractivity contribution is 5.41. The van der Waals surface area contributed by atoms with Crippen LogP contribution in [0.4, 0.5) is 5.82 Å². The van der Waals surface area contributed by atoms with Crippen LogP contribution < -0.4 is 10.1 Å². The fourth-order valence-corrected chi connectivity index (χ4v) is 2.82. The first-order valence-electron chi connectivity index (χ1n) is 8.81. The van der Waals surface area contributed by atoms with Crippen molar-refractivity contribution in [2.75, 3.05) is 5.32 Å². The Kier molecular flexibility index (Phi) is 5.21. The van der Waals surface area contributed by atoms with E-state index in [0.29, 0.717) is 11.6 Å². The molecule has 26 heavy (non-hydrogen) atoms. The van der Waals surface area contributed by atoms with Gasteiger partial charge in [-0.15, -0.1) is 0 Å². The highest BCUT2D eigenvalue weighted by Gasteiger charge is 2.11. The van der Waals surface area contributed by atoms with Gasteiger partial charge in [0.1, 0.15) is 11.6 Å². The number of ether oxygens (including phenoxy) is 1. The topological polar surface area (TPSA) is 64.9 Å². The van der Waals surface area contributed by atoms with E-state index < -0.39 is 0 Å². The van der Waals surface area contributed by atoms with E-state index >= 15 is 0 Å². The smallest absolute Gasteiger partial charge is 0.174 e. The normalized spacial score (nSPS) is 12.2. The molecule has 0 bridgehead atoms. The molecule has 6 nitrogen and oxygen atoms in total. The van der Waals surface area contributed by atoms with Gasteiger partial charge in [0.05, 0.1) is 30.2 Å². The van der Waals surface area contributed by atoms with Crippen LogP contribution in [0, 0.1) is 13.8 Å². The van der Waals surface area contributed by atoms with Crippen LogP contribution >= 0.6 is 0 Å². The zero-order valence-corrected chi connectivity index (χ0v) is 15.9. The predicted molar refractivity (Wildman–Crippen MR) is 103 cm³/mol. The summed E-state index contributed by atoms with van der Waals surface area (Å²) in [5.41, 5.74) is 3.11. The largest absolute Gasteiger partial charge is 0.491 e. The van der Waals surface area contributed by atoms with Crippen LogP contribution in [-0.4, -0.2) is 25.9 Å². The number of nitrogens with zero attached hydrogens (tertiary/aromatic N) is 4. The minimum atomic E-state index is 0.0655. The summed E-state index contributed by atoms with van der Waals surface area (Å²) < 4.78 is 7.58. The van der Waals surface area contributed by atoms with E-state index in [0.717, 1.165) is 22.7 Å². The minimum absolute atomic E-state index is 0.0655. The molecule has 0 amide bonds. The molecule has 1 N–H and O–H groups in total. The van der Waals surface area contributed by atoms with Crippen molar-refractivity contribution >= 4 is 5.82 Å². The summed E-state index contributed by atoms with van der Waals surface area (Å²) in [6, 6.07) is 10.2. The standard InChI is InChI=1S/C20H25N5O/c1-13(2)26-18-8-6-7-17(10-18)16(5)22-19-11-21-12-20(23-19)25-15(4)9-14(3)24-25/h6-13,16H,1-5H3,(H,22,23). The van der Waals surface area contributed by atoms with Gasteiger partial charge in [-0.25, -0.2) is 9.67 Å². The van der Waals surface area contributed by atoms with Gasteiger partial charge in [0, 0.05) is 5.69 Å². The zero-order chi connectivity index (χ0) is 18.7. The Hall–Kier alpha value is -2.89. The van der Waals surface area contributed by atoms with Crippen LogP contribution in [0.5, 0.6) is 5.75 Å². The third-order valence-corrected chi connectivity index (χ3v) is 3.94. The predicted octanol–water partition coefficient (Wildman–Crippen LogP) is 4.24. The molecular weight excluding hydrogens is 326 g/mol. The first-order chi connectivity index (χ1) is 12.4. The molecule has 0 saturated carbocycles. The van der Waals surface area contributed by atoms with E-state index in [-0.39, 0.29) is 12.1 Å². The van der Waals surface area contributed by atoms with Gasteiger partial charge in [0.15, 0.2) is 5.82 Å². The molecule has 0 aliphatic carbocycles. The van der Waals surface area contributed by atoms with Gasteiger partial charge < -0.3 is 10.1 Å². The van der Waals surface area contributed by atoms with Crippen LogP contribution in [0.25, 0.3) is 5.82 Å². The van der Waals surface area contributed by atoms with Crippen molar-refractivity contribution in [2.45, 2.75) is 46.8 Å². The van der Waals surface area contributed by atoms with E-state index in [9.17, 15) is 0 Å². The number of benzene rings is 1. The van der Waals surface area contributed by atoms with E-state index in [1.54, 1.807) is 17.1 Å². The summed E-state index contributed by atoms with van der Waals surface area (Å²) >= 11 is 0. The maximum Gasteiger partial charge on any atom is 0.174 e. The molecule has 0 aliphatic rings. The molecule has 2 aromatic heterocycles. The number of aryl methyl sites for hydroxylation is 2. The zero-order valence-electron chi connectivity index (χ0n) is 15.9. The second-order valence-electron chi connectivity index (χ2n) is 6.71. The van der Waals surface area contributed by atoms with Crippen LogP contribution in [0.2, 0.25) is 0 Å². The SMILES string of the molecule is Cc1cc(C)n(-c2cncc(NC(C)c3cccc(OC(C)C)c3)n2)n1. The van der Waals surface area contributed by atoms with Crippen LogP contribution in [-0.2, 0) is 0 Å². The molecule has 3 rings (SSSR count). The molecule has 6 heteroatoms. The fraction of sp³-hybridized carbons (Fsp3) is 0.350. The Labute approximate surface area is 154 Å². The van der Waals surface area contributed by atoms with Gasteiger partial charge in [-0.1, -0.05) is 12.1 Å². The van der Waals surface area contributed by atoms with E-state index in [4.69, 9.17) is 4.74 Å². The fourth-order valence-electron chi connectivity index (χ4n) is 2.82. The molecule has 0 radical (unpaired) electrons. The summed E-state index contributed by atoms with van der Waals surface area (Å²) in [6.07, 6.45) is 3.59. The first-order valence-corrected chi connectivity index (χ1v) is 8.81. The Bertz CT molecular complexity index is 887. The van der Waals surface area contributed by atoms with Crippen molar-refractivity contribution in [1.82, 2.24) is 19.7 Å². The number of anilines is 1. The van der Waals surface area contributed by atoms with Crippen molar-refractivity contribution < 1.29 is 4.74 Å². The Morgan fingerprint density at radius 3 is 2.58 bits per heavy atom. The maximum atomic E-state index is 5.78. The average molecular weight is 351 g/mol. The maximum absolute atomic E-state index is 5.78. The third kappa shape index (κ3) is 4.20. The number of hydrogen-bond donors (Lipinski definition) is 1. The molecule has 1 atom stereocenters. The first kappa shape index (κ1) is 17.9. The lowest BCUT2D eigenvalue weighted by atomic mass is 10.1. The molecule has 1 unspecified atom stereocenters.